The smallest absolute Gasteiger partial charge is 0.229 e. The summed E-state index contributed by atoms with van der Waals surface area (Å²) in [7, 11) is 0. The molecule has 0 bridgehead atoms. The minimum Gasteiger partial charge on any atom is -0.473 e. The van der Waals surface area contributed by atoms with Crippen molar-refractivity contribution in [3.8, 4) is 5.88 Å². The van der Waals surface area contributed by atoms with E-state index in [0.29, 0.717) is 28.4 Å². The van der Waals surface area contributed by atoms with Gasteiger partial charge in [-0.1, -0.05) is 48.7 Å². The number of carbonyl (C=O) groups is 1. The Balaban J connectivity index is 0.000000215. The number of amides is 1. The Kier molecular flexibility index (Phi) is 11.9. The summed E-state index contributed by atoms with van der Waals surface area (Å²) in [4.78, 5) is 29.8. The van der Waals surface area contributed by atoms with Gasteiger partial charge in [0.2, 0.25) is 18.2 Å². The van der Waals surface area contributed by atoms with Gasteiger partial charge >= 0.3 is 0 Å². The van der Waals surface area contributed by atoms with Crippen LogP contribution in [-0.2, 0) is 22.7 Å². The van der Waals surface area contributed by atoms with Crippen molar-refractivity contribution in [3.63, 3.8) is 0 Å². The number of aromatic amines is 1. The molecule has 0 saturated carbocycles. The molecule has 1 amide bonds. The normalized spacial score (nSPS) is 14.1. The lowest BCUT2D eigenvalue weighted by Crippen LogP contribution is -2.29. The first-order valence-electron chi connectivity index (χ1n) is 16.4. The molecule has 12 nitrogen and oxygen atoms in total. The SMILES string of the molecule is C1COC1.Cc1[nH]nc2cnc(NC=O)nc12.Cc1ccc2c(c1)nc(CN1CC=C(c3cccc(OCc4ccc(Cl)cc4F)n3)CC1)n2S. The Labute approximate surface area is 304 Å². The topological polar surface area (TPSA) is 136 Å². The van der Waals surface area contributed by atoms with Crippen LogP contribution in [0.2, 0.25) is 5.02 Å². The highest BCUT2D eigenvalue weighted by Gasteiger charge is 2.18. The van der Waals surface area contributed by atoms with Crippen LogP contribution in [0.25, 0.3) is 27.6 Å². The molecule has 2 aromatic carbocycles. The van der Waals surface area contributed by atoms with E-state index in [1.165, 1.54) is 23.6 Å². The van der Waals surface area contributed by atoms with Gasteiger partial charge < -0.3 is 9.47 Å². The second kappa shape index (κ2) is 16.9. The molecule has 0 spiro atoms. The monoisotopic (exact) mass is 729 g/mol. The number of H-pyrrole nitrogens is 1. The lowest BCUT2D eigenvalue weighted by molar-refractivity contribution is -0.105. The number of nitrogens with zero attached hydrogens (tertiary/aromatic N) is 7. The van der Waals surface area contributed by atoms with Crippen LogP contribution in [0.5, 0.6) is 5.88 Å². The molecule has 6 aromatic rings. The van der Waals surface area contributed by atoms with Gasteiger partial charge in [-0.2, -0.15) is 5.10 Å². The number of fused-ring (bicyclic) bond motifs is 2. The van der Waals surface area contributed by atoms with Gasteiger partial charge in [-0.25, -0.2) is 24.3 Å². The van der Waals surface area contributed by atoms with Crippen LogP contribution in [0.4, 0.5) is 10.3 Å². The zero-order chi connectivity index (χ0) is 35.7. The van der Waals surface area contributed by atoms with Crippen molar-refractivity contribution < 1.29 is 18.7 Å². The number of aromatic nitrogens is 7. The fourth-order valence-electron chi connectivity index (χ4n) is 5.28. The summed E-state index contributed by atoms with van der Waals surface area (Å²) in [5, 5.41) is 9.47. The third-order valence-electron chi connectivity index (χ3n) is 8.19. The molecule has 2 N–H and O–H groups in total. The highest BCUT2D eigenvalue weighted by atomic mass is 35.5. The van der Waals surface area contributed by atoms with E-state index in [0.717, 1.165) is 73.0 Å². The molecule has 0 aliphatic carbocycles. The van der Waals surface area contributed by atoms with Gasteiger partial charge in [0.15, 0.2) is 0 Å². The van der Waals surface area contributed by atoms with E-state index in [9.17, 15) is 9.18 Å². The first-order chi connectivity index (χ1) is 24.8. The second-order valence-corrected chi connectivity index (χ2v) is 12.8. The van der Waals surface area contributed by atoms with Gasteiger partial charge in [0.05, 0.1) is 35.2 Å². The van der Waals surface area contributed by atoms with Crippen molar-refractivity contribution in [1.82, 2.24) is 39.0 Å². The van der Waals surface area contributed by atoms with Crippen LogP contribution < -0.4 is 10.1 Å². The second-order valence-electron chi connectivity index (χ2n) is 11.9. The van der Waals surface area contributed by atoms with Gasteiger partial charge in [0.1, 0.15) is 29.3 Å². The number of hydrogen-bond donors (Lipinski definition) is 3. The number of rotatable bonds is 8. The Hall–Kier alpha value is -4.89. The molecular formula is C36H37ClFN9O3S. The number of carbonyl (C=O) groups excluding carboxylic acids is 1. The zero-order valence-corrected chi connectivity index (χ0v) is 29.8. The van der Waals surface area contributed by atoms with E-state index in [-0.39, 0.29) is 18.4 Å². The van der Waals surface area contributed by atoms with Crippen molar-refractivity contribution in [1.29, 1.82) is 0 Å². The van der Waals surface area contributed by atoms with Crippen LogP contribution in [0.3, 0.4) is 0 Å². The molecule has 1 saturated heterocycles. The number of benzene rings is 2. The molecule has 51 heavy (non-hydrogen) atoms. The molecule has 15 heteroatoms. The summed E-state index contributed by atoms with van der Waals surface area (Å²) >= 11 is 10.5. The van der Waals surface area contributed by atoms with Crippen molar-refractivity contribution in [2.75, 3.05) is 31.6 Å². The molecule has 1 fully saturated rings. The number of aryl methyl sites for hydroxylation is 2. The molecule has 0 atom stereocenters. The first kappa shape index (κ1) is 35.9. The van der Waals surface area contributed by atoms with Crippen molar-refractivity contribution >= 4 is 64.4 Å². The minimum atomic E-state index is -0.386. The predicted octanol–water partition coefficient (Wildman–Crippen LogP) is 6.73. The molecule has 0 radical (unpaired) electrons. The van der Waals surface area contributed by atoms with Crippen molar-refractivity contribution in [2.24, 2.45) is 0 Å². The van der Waals surface area contributed by atoms with E-state index in [2.05, 4.69) is 79.4 Å². The van der Waals surface area contributed by atoms with Crippen molar-refractivity contribution in [3.05, 3.63) is 106 Å². The van der Waals surface area contributed by atoms with Crippen molar-refractivity contribution in [2.45, 2.75) is 39.8 Å². The lowest BCUT2D eigenvalue weighted by atomic mass is 10.0. The number of anilines is 1. The molecule has 2 aliphatic rings. The Morgan fingerprint density at radius 3 is 2.65 bits per heavy atom. The van der Waals surface area contributed by atoms with Crippen LogP contribution >= 0.6 is 24.4 Å². The van der Waals surface area contributed by atoms with Crippen LogP contribution in [0.15, 0.2) is 66.9 Å². The van der Waals surface area contributed by atoms with Gasteiger partial charge in [0, 0.05) is 43.0 Å². The van der Waals surface area contributed by atoms with E-state index >= 15 is 0 Å². The minimum absolute atomic E-state index is 0.0938. The summed E-state index contributed by atoms with van der Waals surface area (Å²) in [6, 6.07) is 16.5. The summed E-state index contributed by atoms with van der Waals surface area (Å²) < 4.78 is 26.4. The van der Waals surface area contributed by atoms with Crippen LogP contribution in [-0.4, -0.2) is 71.7 Å². The molecule has 8 rings (SSSR count). The number of nitrogens with one attached hydrogen (secondary N) is 2. The average molecular weight is 730 g/mol. The van der Waals surface area contributed by atoms with Gasteiger partial charge in [-0.05, 0) is 68.2 Å². The number of imidazole rings is 1. The van der Waals surface area contributed by atoms with E-state index < -0.39 is 0 Å². The largest absolute Gasteiger partial charge is 0.473 e. The maximum absolute atomic E-state index is 14.0. The summed E-state index contributed by atoms with van der Waals surface area (Å²) in [5.41, 5.74) is 7.94. The molecule has 2 aliphatic heterocycles. The lowest BCUT2D eigenvalue weighted by Gasteiger charge is -2.25. The first-order valence-corrected chi connectivity index (χ1v) is 17.1. The molecule has 4 aromatic heterocycles. The predicted molar refractivity (Wildman–Crippen MR) is 198 cm³/mol. The fourth-order valence-corrected chi connectivity index (χ4v) is 5.71. The number of hydrogen-bond acceptors (Lipinski definition) is 10. The quantitative estimate of drug-likeness (QED) is 0.115. The standard InChI is InChI=1S/C26H24ClFN4OS.C7H7N5O.C3H6O/c1-17-5-8-24-23(13-17)29-25(32(24)34)15-31-11-9-18(10-12-31)22-3-2-4-26(30-22)33-16-19-6-7-20(27)14-21(19)28;1-4-6-5(12-11-4)2-8-7(10-6)9-3-13;1-2-4-3-1/h2-9,13-14,34H,10-12,15-16H2,1H3;2-3H,1H3,(H,11,12)(H,8,9,10,13);1-3H2. The third kappa shape index (κ3) is 9.27. The summed E-state index contributed by atoms with van der Waals surface area (Å²) in [5.74, 6) is 1.30. The number of ether oxygens (including phenoxy) is 2. The summed E-state index contributed by atoms with van der Waals surface area (Å²) in [6.07, 6.45) is 6.44. The molecule has 264 valence electrons. The number of thiol groups is 1. The third-order valence-corrected chi connectivity index (χ3v) is 8.87. The number of halogens is 2. The molecule has 0 unspecified atom stereocenters. The van der Waals surface area contributed by atoms with Gasteiger partial charge in [-0.3, -0.25) is 24.1 Å². The molecule has 6 heterocycles. The summed E-state index contributed by atoms with van der Waals surface area (Å²) in [6.45, 7) is 8.43. The van der Waals surface area contributed by atoms with E-state index in [1.807, 2.05) is 23.0 Å². The Bertz CT molecular complexity index is 2170. The van der Waals surface area contributed by atoms with Gasteiger partial charge in [0.25, 0.3) is 0 Å². The average Bonchev–Trinajstić information content (AvgIpc) is 3.62. The van der Waals surface area contributed by atoms with E-state index in [4.69, 9.17) is 26.1 Å². The van der Waals surface area contributed by atoms with E-state index in [1.54, 1.807) is 24.4 Å². The highest BCUT2D eigenvalue weighted by Crippen LogP contribution is 2.26. The maximum Gasteiger partial charge on any atom is 0.229 e. The number of pyridine rings is 1. The fraction of sp³-hybridized carbons (Fsp3) is 0.278. The van der Waals surface area contributed by atoms with Crippen LogP contribution in [0.1, 0.15) is 41.2 Å². The highest BCUT2D eigenvalue weighted by molar-refractivity contribution is 7.78. The maximum atomic E-state index is 14.0. The Morgan fingerprint density at radius 1 is 1.10 bits per heavy atom. The zero-order valence-electron chi connectivity index (χ0n) is 28.1. The van der Waals surface area contributed by atoms with Gasteiger partial charge in [-0.15, -0.1) is 0 Å². The Morgan fingerprint density at radius 2 is 1.92 bits per heavy atom. The van der Waals surface area contributed by atoms with Crippen LogP contribution in [0, 0.1) is 19.7 Å². The molecular weight excluding hydrogens is 693 g/mol.